The predicted molar refractivity (Wildman–Crippen MR) is 58.3 cm³/mol. The molecule has 7 heteroatoms. The van der Waals surface area contributed by atoms with E-state index in [0.717, 1.165) is 18.7 Å². The van der Waals surface area contributed by atoms with Gasteiger partial charge in [-0.25, -0.2) is 15.0 Å². The highest BCUT2D eigenvalue weighted by Crippen LogP contribution is 2.37. The molecule has 0 unspecified atom stereocenters. The van der Waals surface area contributed by atoms with Crippen LogP contribution in [-0.4, -0.2) is 31.1 Å². The van der Waals surface area contributed by atoms with Crippen LogP contribution in [0, 0.1) is 0 Å². The second-order valence-corrected chi connectivity index (χ2v) is 3.85. The Morgan fingerprint density at radius 1 is 1.35 bits per heavy atom. The summed E-state index contributed by atoms with van der Waals surface area (Å²) < 4.78 is 0. The summed E-state index contributed by atoms with van der Waals surface area (Å²) in [5.74, 6) is 1.19. The summed E-state index contributed by atoms with van der Waals surface area (Å²) in [4.78, 5) is 23.6. The van der Waals surface area contributed by atoms with E-state index in [0.29, 0.717) is 5.92 Å². The minimum atomic E-state index is -0.403. The fourth-order valence-electron chi connectivity index (χ4n) is 1.44. The highest BCUT2D eigenvalue weighted by atomic mass is 16.2. The van der Waals surface area contributed by atoms with Crippen LogP contribution in [0.1, 0.15) is 35.2 Å². The third-order valence-corrected chi connectivity index (χ3v) is 2.46. The van der Waals surface area contributed by atoms with E-state index in [2.05, 4.69) is 30.5 Å². The number of anilines is 1. The Hall–Kier alpha value is -2.31. The van der Waals surface area contributed by atoms with Crippen molar-refractivity contribution in [2.75, 3.05) is 5.32 Å². The standard InChI is InChI=1S/C10H10N6O/c17-9(14-10-11-4-1-5-12-10)8-13-7(15-16-8)6-2-3-6/h1,4-6H,2-3H2,(H,13,15,16)(H,11,12,14,17). The fourth-order valence-corrected chi connectivity index (χ4v) is 1.44. The Labute approximate surface area is 96.7 Å². The average molecular weight is 230 g/mol. The van der Waals surface area contributed by atoms with E-state index < -0.39 is 5.91 Å². The molecule has 2 N–H and O–H groups in total. The summed E-state index contributed by atoms with van der Waals surface area (Å²) in [6.45, 7) is 0. The van der Waals surface area contributed by atoms with Crippen molar-refractivity contribution >= 4 is 11.9 Å². The van der Waals surface area contributed by atoms with E-state index in [9.17, 15) is 4.79 Å². The molecule has 7 nitrogen and oxygen atoms in total. The molecule has 2 heterocycles. The molecule has 0 atom stereocenters. The topological polar surface area (TPSA) is 96.5 Å². The monoisotopic (exact) mass is 230 g/mol. The van der Waals surface area contributed by atoms with E-state index in [1.165, 1.54) is 0 Å². The quantitative estimate of drug-likeness (QED) is 0.810. The Morgan fingerprint density at radius 2 is 2.12 bits per heavy atom. The molecule has 2 aromatic rings. The van der Waals surface area contributed by atoms with Gasteiger partial charge < -0.3 is 0 Å². The van der Waals surface area contributed by atoms with Crippen molar-refractivity contribution in [1.29, 1.82) is 0 Å². The smallest absolute Gasteiger partial charge is 0.288 e. The first-order valence-corrected chi connectivity index (χ1v) is 5.33. The van der Waals surface area contributed by atoms with E-state index in [-0.39, 0.29) is 11.8 Å². The molecule has 1 aliphatic carbocycles. The first kappa shape index (κ1) is 9.88. The van der Waals surface area contributed by atoms with Crippen LogP contribution in [0.4, 0.5) is 5.95 Å². The van der Waals surface area contributed by atoms with Gasteiger partial charge in [0.05, 0.1) is 0 Å². The predicted octanol–water partition coefficient (Wildman–Crippen LogP) is 0.724. The summed E-state index contributed by atoms with van der Waals surface area (Å²) in [7, 11) is 0. The van der Waals surface area contributed by atoms with Crippen LogP contribution in [-0.2, 0) is 0 Å². The number of hydrogen-bond acceptors (Lipinski definition) is 5. The van der Waals surface area contributed by atoms with Crippen molar-refractivity contribution < 1.29 is 4.79 Å². The molecule has 2 aromatic heterocycles. The maximum absolute atomic E-state index is 11.7. The molecule has 0 aliphatic heterocycles. The maximum Gasteiger partial charge on any atom is 0.297 e. The third-order valence-electron chi connectivity index (χ3n) is 2.46. The molecule has 0 radical (unpaired) electrons. The Kier molecular flexibility index (Phi) is 2.28. The zero-order valence-corrected chi connectivity index (χ0v) is 8.92. The average Bonchev–Trinajstić information content (AvgIpc) is 3.08. The molecule has 0 bridgehead atoms. The van der Waals surface area contributed by atoms with E-state index >= 15 is 0 Å². The van der Waals surface area contributed by atoms with E-state index in [1.54, 1.807) is 18.5 Å². The highest BCUT2D eigenvalue weighted by Gasteiger charge is 2.28. The Morgan fingerprint density at radius 3 is 2.82 bits per heavy atom. The summed E-state index contributed by atoms with van der Waals surface area (Å²) in [6, 6.07) is 1.67. The van der Waals surface area contributed by atoms with Gasteiger partial charge in [-0.1, -0.05) is 0 Å². The van der Waals surface area contributed by atoms with Crippen LogP contribution in [0.3, 0.4) is 0 Å². The van der Waals surface area contributed by atoms with Crippen LogP contribution >= 0.6 is 0 Å². The number of nitrogens with zero attached hydrogens (tertiary/aromatic N) is 4. The molecule has 86 valence electrons. The van der Waals surface area contributed by atoms with Crippen molar-refractivity contribution in [2.45, 2.75) is 18.8 Å². The normalized spacial score (nSPS) is 14.6. The van der Waals surface area contributed by atoms with Gasteiger partial charge in [-0.3, -0.25) is 15.2 Å². The van der Waals surface area contributed by atoms with Crippen LogP contribution in [0.25, 0.3) is 0 Å². The number of aromatic amines is 1. The lowest BCUT2D eigenvalue weighted by Crippen LogP contribution is -2.15. The van der Waals surface area contributed by atoms with Crippen LogP contribution in [0.2, 0.25) is 0 Å². The third kappa shape index (κ3) is 2.12. The number of nitrogens with one attached hydrogen (secondary N) is 2. The number of carbonyl (C=O) groups excluding carboxylic acids is 1. The molecule has 0 spiro atoms. The number of carbonyl (C=O) groups is 1. The Balaban J connectivity index is 1.72. The molecular weight excluding hydrogens is 220 g/mol. The maximum atomic E-state index is 11.7. The molecule has 0 aromatic carbocycles. The van der Waals surface area contributed by atoms with Crippen molar-refractivity contribution in [3.05, 3.63) is 30.1 Å². The SMILES string of the molecule is O=C(Nc1ncccn1)c1n[nH]c(C2CC2)n1. The van der Waals surface area contributed by atoms with Gasteiger partial charge in [0.15, 0.2) is 0 Å². The van der Waals surface area contributed by atoms with Gasteiger partial charge in [0.1, 0.15) is 5.82 Å². The minimum Gasteiger partial charge on any atom is -0.288 e. The molecule has 1 aliphatic rings. The molecule has 1 fully saturated rings. The van der Waals surface area contributed by atoms with E-state index in [4.69, 9.17) is 0 Å². The van der Waals surface area contributed by atoms with Crippen molar-refractivity contribution in [2.24, 2.45) is 0 Å². The summed E-state index contributed by atoms with van der Waals surface area (Å²) in [6.07, 6.45) is 5.32. The summed E-state index contributed by atoms with van der Waals surface area (Å²) >= 11 is 0. The van der Waals surface area contributed by atoms with Gasteiger partial charge in [0.25, 0.3) is 5.91 Å². The summed E-state index contributed by atoms with van der Waals surface area (Å²) in [5.41, 5.74) is 0. The second-order valence-electron chi connectivity index (χ2n) is 3.85. The number of hydrogen-bond donors (Lipinski definition) is 2. The van der Waals surface area contributed by atoms with Crippen molar-refractivity contribution in [3.8, 4) is 0 Å². The lowest BCUT2D eigenvalue weighted by molar-refractivity contribution is 0.101. The molecular formula is C10H10N6O. The molecule has 1 amide bonds. The Bertz CT molecular complexity index is 533. The number of rotatable bonds is 3. The lowest BCUT2D eigenvalue weighted by atomic mass is 10.4. The van der Waals surface area contributed by atoms with Gasteiger partial charge in [-0.05, 0) is 18.9 Å². The molecule has 17 heavy (non-hydrogen) atoms. The fraction of sp³-hybridized carbons (Fsp3) is 0.300. The summed E-state index contributed by atoms with van der Waals surface area (Å²) in [5, 5.41) is 9.17. The zero-order valence-electron chi connectivity index (χ0n) is 8.92. The second kappa shape index (κ2) is 3.93. The largest absolute Gasteiger partial charge is 0.297 e. The van der Waals surface area contributed by atoms with Crippen molar-refractivity contribution in [1.82, 2.24) is 25.1 Å². The number of amides is 1. The molecule has 3 rings (SSSR count). The zero-order chi connectivity index (χ0) is 11.7. The van der Waals surface area contributed by atoms with Gasteiger partial charge in [-0.15, -0.1) is 5.10 Å². The van der Waals surface area contributed by atoms with Gasteiger partial charge >= 0.3 is 0 Å². The highest BCUT2D eigenvalue weighted by molar-refractivity contribution is 6.00. The van der Waals surface area contributed by atoms with E-state index in [1.807, 2.05) is 0 Å². The van der Waals surface area contributed by atoms with Gasteiger partial charge in [0, 0.05) is 18.3 Å². The lowest BCUT2D eigenvalue weighted by Gasteiger charge is -1.98. The molecule has 1 saturated carbocycles. The van der Waals surface area contributed by atoms with Crippen LogP contribution in [0.5, 0.6) is 0 Å². The van der Waals surface area contributed by atoms with Crippen molar-refractivity contribution in [3.63, 3.8) is 0 Å². The number of H-pyrrole nitrogens is 1. The van der Waals surface area contributed by atoms with Crippen LogP contribution in [0.15, 0.2) is 18.5 Å². The first-order valence-electron chi connectivity index (χ1n) is 5.33. The van der Waals surface area contributed by atoms with Gasteiger partial charge in [0.2, 0.25) is 11.8 Å². The molecule has 0 saturated heterocycles. The van der Waals surface area contributed by atoms with Gasteiger partial charge in [-0.2, -0.15) is 0 Å². The van der Waals surface area contributed by atoms with Crippen LogP contribution < -0.4 is 5.32 Å². The first-order chi connectivity index (χ1) is 8.33. The number of aromatic nitrogens is 5. The minimum absolute atomic E-state index is 0.124.